The van der Waals surface area contributed by atoms with E-state index in [0.29, 0.717) is 16.9 Å². The number of hydrogen-bond donors (Lipinski definition) is 1. The lowest BCUT2D eigenvalue weighted by molar-refractivity contribution is 0.0924. The molecule has 1 N–H and O–H groups in total. The van der Waals surface area contributed by atoms with Crippen LogP contribution in [0.15, 0.2) is 36.7 Å². The number of halogens is 1. The molecular formula is C21H19FN6O. The molecule has 3 atom stereocenters. The van der Waals surface area contributed by atoms with Gasteiger partial charge < -0.3 is 10.2 Å². The minimum Gasteiger partial charge on any atom is -0.347 e. The maximum atomic E-state index is 15.2. The number of nitriles is 1. The van der Waals surface area contributed by atoms with Crippen LogP contribution in [0.2, 0.25) is 0 Å². The van der Waals surface area contributed by atoms with Crippen LogP contribution in [0.1, 0.15) is 35.3 Å². The molecule has 7 nitrogen and oxygen atoms in total. The van der Waals surface area contributed by atoms with Crippen LogP contribution in [-0.4, -0.2) is 43.5 Å². The summed E-state index contributed by atoms with van der Waals surface area (Å²) in [5.41, 5.74) is 1.41. The van der Waals surface area contributed by atoms with Gasteiger partial charge >= 0.3 is 0 Å². The first-order valence-corrected chi connectivity index (χ1v) is 9.65. The second-order valence-electron chi connectivity index (χ2n) is 7.67. The average Bonchev–Trinajstić information content (AvgIpc) is 3.40. The van der Waals surface area contributed by atoms with E-state index >= 15 is 4.39 Å². The lowest BCUT2D eigenvalue weighted by Crippen LogP contribution is -2.43. The van der Waals surface area contributed by atoms with Crippen molar-refractivity contribution >= 4 is 16.8 Å². The second kappa shape index (κ2) is 6.55. The first-order valence-electron chi connectivity index (χ1n) is 9.65. The molecular weight excluding hydrogens is 371 g/mol. The molecule has 8 heteroatoms. The number of aromatic nitrogens is 3. The molecule has 29 heavy (non-hydrogen) atoms. The van der Waals surface area contributed by atoms with E-state index in [2.05, 4.69) is 21.5 Å². The number of fused-ring (bicyclic) bond motifs is 3. The molecule has 0 unspecified atom stereocenters. The summed E-state index contributed by atoms with van der Waals surface area (Å²) in [6.45, 7) is 1.86. The monoisotopic (exact) mass is 390 g/mol. The van der Waals surface area contributed by atoms with E-state index in [1.54, 1.807) is 40.1 Å². The number of aryl methyl sites for hydroxylation is 1. The number of rotatable bonds is 3. The zero-order chi connectivity index (χ0) is 20.1. The van der Waals surface area contributed by atoms with Gasteiger partial charge in [0.05, 0.1) is 23.2 Å². The van der Waals surface area contributed by atoms with E-state index in [9.17, 15) is 10.1 Å². The van der Waals surface area contributed by atoms with Gasteiger partial charge in [-0.15, -0.1) is 0 Å². The van der Waals surface area contributed by atoms with Crippen LogP contribution in [0.3, 0.4) is 0 Å². The Morgan fingerprint density at radius 3 is 2.93 bits per heavy atom. The van der Waals surface area contributed by atoms with Crippen LogP contribution in [0.5, 0.6) is 0 Å². The fraction of sp³-hybridized carbons (Fsp3) is 0.333. The summed E-state index contributed by atoms with van der Waals surface area (Å²) in [4.78, 5) is 23.2. The fourth-order valence-corrected chi connectivity index (χ4v) is 4.63. The molecule has 0 radical (unpaired) electrons. The number of hydrogen-bond acceptors (Lipinski definition) is 5. The molecule has 0 aliphatic carbocycles. The molecule has 2 saturated heterocycles. The summed E-state index contributed by atoms with van der Waals surface area (Å²) >= 11 is 0. The van der Waals surface area contributed by atoms with Crippen molar-refractivity contribution in [2.24, 2.45) is 0 Å². The van der Waals surface area contributed by atoms with Gasteiger partial charge in [-0.3, -0.25) is 9.36 Å². The molecule has 3 aromatic rings. The van der Waals surface area contributed by atoms with Gasteiger partial charge in [0.1, 0.15) is 5.82 Å². The molecule has 0 saturated carbocycles. The molecule has 1 amide bonds. The van der Waals surface area contributed by atoms with Crippen LogP contribution >= 0.6 is 0 Å². The van der Waals surface area contributed by atoms with Crippen molar-refractivity contribution in [3.05, 3.63) is 53.7 Å². The van der Waals surface area contributed by atoms with Gasteiger partial charge in [-0.1, -0.05) is 0 Å². The maximum absolute atomic E-state index is 15.2. The highest BCUT2D eigenvalue weighted by molar-refractivity contribution is 5.99. The number of amides is 1. The summed E-state index contributed by atoms with van der Waals surface area (Å²) in [5, 5.41) is 12.6. The molecule has 4 heterocycles. The van der Waals surface area contributed by atoms with Crippen LogP contribution in [-0.2, 0) is 0 Å². The van der Waals surface area contributed by atoms with Crippen LogP contribution < -0.4 is 5.32 Å². The Hall–Kier alpha value is -3.47. The molecule has 1 aromatic carbocycles. The summed E-state index contributed by atoms with van der Waals surface area (Å²) in [5.74, 6) is -0.554. The minimum absolute atomic E-state index is 0.00620. The van der Waals surface area contributed by atoms with Crippen molar-refractivity contribution in [3.63, 3.8) is 0 Å². The predicted octanol–water partition coefficient (Wildman–Crippen LogP) is 2.68. The third-order valence-electron chi connectivity index (χ3n) is 6.02. The summed E-state index contributed by atoms with van der Waals surface area (Å²) in [6, 6.07) is 6.70. The van der Waals surface area contributed by atoms with E-state index in [1.165, 1.54) is 6.07 Å². The second-order valence-corrected chi connectivity index (χ2v) is 7.67. The Labute approximate surface area is 166 Å². The quantitative estimate of drug-likeness (QED) is 0.695. The van der Waals surface area contributed by atoms with E-state index in [-0.39, 0.29) is 23.7 Å². The predicted molar refractivity (Wildman–Crippen MR) is 104 cm³/mol. The number of carbonyl (C=O) groups is 1. The largest absolute Gasteiger partial charge is 0.347 e. The van der Waals surface area contributed by atoms with Gasteiger partial charge in [0.25, 0.3) is 5.91 Å². The fourth-order valence-electron chi connectivity index (χ4n) is 4.63. The van der Waals surface area contributed by atoms with Gasteiger partial charge in [0.15, 0.2) is 6.19 Å². The smallest absolute Gasteiger partial charge is 0.254 e. The molecule has 2 aliphatic rings. The van der Waals surface area contributed by atoms with Crippen molar-refractivity contribution < 1.29 is 9.18 Å². The van der Waals surface area contributed by atoms with Crippen molar-refractivity contribution in [1.82, 2.24) is 24.8 Å². The molecule has 0 spiro atoms. The number of nitrogens with one attached hydrogen (secondary N) is 1. The van der Waals surface area contributed by atoms with Crippen LogP contribution in [0, 0.1) is 24.2 Å². The average molecular weight is 390 g/mol. The third-order valence-corrected chi connectivity index (χ3v) is 6.02. The topological polar surface area (TPSA) is 86.8 Å². The molecule has 2 fully saturated rings. The first-order chi connectivity index (χ1) is 14.1. The van der Waals surface area contributed by atoms with Crippen LogP contribution in [0.4, 0.5) is 4.39 Å². The lowest BCUT2D eigenvalue weighted by atomic mass is 9.95. The van der Waals surface area contributed by atoms with E-state index in [1.807, 2.05) is 6.92 Å². The Bertz CT molecular complexity index is 1170. The zero-order valence-electron chi connectivity index (χ0n) is 15.8. The number of nitrogens with zero attached hydrogens (tertiary/aromatic N) is 5. The van der Waals surface area contributed by atoms with E-state index < -0.39 is 11.7 Å². The van der Waals surface area contributed by atoms with E-state index in [0.717, 1.165) is 25.0 Å². The summed E-state index contributed by atoms with van der Waals surface area (Å²) < 4.78 is 16.9. The maximum Gasteiger partial charge on any atom is 0.254 e. The third kappa shape index (κ3) is 2.73. The molecule has 2 bridgehead atoms. The highest BCUT2D eigenvalue weighted by Gasteiger charge is 2.46. The Morgan fingerprint density at radius 2 is 2.17 bits per heavy atom. The van der Waals surface area contributed by atoms with Crippen molar-refractivity contribution in [1.29, 1.82) is 5.26 Å². The highest BCUT2D eigenvalue weighted by atomic mass is 19.1. The number of benzene rings is 1. The Kier molecular flexibility index (Phi) is 3.98. The van der Waals surface area contributed by atoms with Crippen LogP contribution in [0.25, 0.3) is 16.9 Å². The number of carbonyl (C=O) groups excluding carboxylic acids is 1. The van der Waals surface area contributed by atoms with Gasteiger partial charge in [-0.2, -0.15) is 5.26 Å². The minimum atomic E-state index is -0.563. The SMILES string of the molecule is Cc1ccnc(-n2ccc3c(F)c(C(=O)N[C@@H]4C[C@@H]5CC[C@H]4N5C#N)ccc32)n1. The van der Waals surface area contributed by atoms with Gasteiger partial charge in [-0.25, -0.2) is 14.4 Å². The van der Waals surface area contributed by atoms with E-state index in [4.69, 9.17) is 0 Å². The molecule has 2 aliphatic heterocycles. The van der Waals surface area contributed by atoms with Crippen molar-refractivity contribution in [2.75, 3.05) is 0 Å². The molecule has 2 aromatic heterocycles. The summed E-state index contributed by atoms with van der Waals surface area (Å²) in [6.07, 6.45) is 8.16. The van der Waals surface area contributed by atoms with Gasteiger partial charge in [-0.05, 0) is 50.5 Å². The normalized spacial score (nSPS) is 22.8. The Morgan fingerprint density at radius 1 is 1.31 bits per heavy atom. The van der Waals surface area contributed by atoms with Crippen molar-refractivity contribution in [2.45, 2.75) is 44.3 Å². The Balaban J connectivity index is 1.44. The first kappa shape index (κ1) is 17.6. The molecule has 5 rings (SSSR count). The standard InChI is InChI=1S/C21H19FN6O/c1-12-6-8-24-21(25-12)27-9-7-14-17(27)5-3-15(19(14)22)20(29)26-16-10-13-2-4-18(16)28(13)11-23/h3,5-9,13,16,18H,2,4,10H2,1H3,(H,26,29)/t13-,16+,18+/m0/s1. The lowest BCUT2D eigenvalue weighted by Gasteiger charge is -2.22. The zero-order valence-corrected chi connectivity index (χ0v) is 15.8. The molecule has 146 valence electrons. The van der Waals surface area contributed by atoms with Gasteiger partial charge in [0.2, 0.25) is 5.95 Å². The summed E-state index contributed by atoms with van der Waals surface area (Å²) in [7, 11) is 0. The van der Waals surface area contributed by atoms with Crippen molar-refractivity contribution in [3.8, 4) is 12.1 Å². The highest BCUT2D eigenvalue weighted by Crippen LogP contribution is 2.37. The van der Waals surface area contributed by atoms with Gasteiger partial charge in [0, 0.05) is 29.5 Å².